The van der Waals surface area contributed by atoms with Gasteiger partial charge in [-0.05, 0) is 17.7 Å². The van der Waals surface area contributed by atoms with Gasteiger partial charge in [0.05, 0.1) is 0 Å². The Morgan fingerprint density at radius 1 is 0.812 bits per heavy atom. The van der Waals surface area contributed by atoms with Crippen LogP contribution in [0.2, 0.25) is 0 Å². The Kier molecular flexibility index (Phi) is 3.44. The van der Waals surface area contributed by atoms with Crippen LogP contribution in [0.4, 0.5) is 0 Å². The number of hydrogen-bond donors (Lipinski definition) is 0. The van der Waals surface area contributed by atoms with Crippen LogP contribution in [-0.4, -0.2) is 0 Å². The average Bonchev–Trinajstić information content (AvgIpc) is 2.38. The minimum absolute atomic E-state index is 0.529. The number of ether oxygens (including phenoxy) is 2. The molecule has 0 aromatic heterocycles. The van der Waals surface area contributed by atoms with Gasteiger partial charge < -0.3 is 9.47 Å². The molecule has 0 heterocycles. The Bertz CT molecular complexity index is 437. The predicted octanol–water partition coefficient (Wildman–Crippen LogP) is 3.44. The first-order valence-corrected chi connectivity index (χ1v) is 5.08. The Balaban J connectivity index is 2.05. The van der Waals surface area contributed by atoms with Gasteiger partial charge in [0.15, 0.2) is 11.5 Å². The normalized spacial score (nSPS) is 9.81. The van der Waals surface area contributed by atoms with Crippen LogP contribution in [0.15, 0.2) is 54.6 Å². The molecule has 0 unspecified atom stereocenters. The smallest absolute Gasteiger partial charge is 0.161 e. The number of para-hydroxylation sites is 2. The van der Waals surface area contributed by atoms with E-state index in [4.69, 9.17) is 9.47 Å². The molecule has 81 valence electrons. The molecule has 0 N–H and O–H groups in total. The second kappa shape index (κ2) is 5.21. The van der Waals surface area contributed by atoms with Crippen LogP contribution < -0.4 is 9.47 Å². The topological polar surface area (TPSA) is 18.5 Å². The van der Waals surface area contributed by atoms with Crippen LogP contribution in [-0.2, 0) is 6.61 Å². The van der Waals surface area contributed by atoms with Gasteiger partial charge in [-0.3, -0.25) is 0 Å². The molecule has 0 aliphatic rings. The number of benzene rings is 2. The maximum Gasteiger partial charge on any atom is 0.161 e. The van der Waals surface area contributed by atoms with Crippen molar-refractivity contribution in [3.8, 4) is 11.5 Å². The highest BCUT2D eigenvalue weighted by molar-refractivity contribution is 5.39. The third-order valence-electron chi connectivity index (χ3n) is 2.24. The maximum absolute atomic E-state index is 5.65. The van der Waals surface area contributed by atoms with E-state index >= 15 is 0 Å². The SMILES string of the molecule is [CH2]Oc1ccccc1OCc1ccccc1. The molecule has 0 saturated carbocycles. The van der Waals surface area contributed by atoms with Gasteiger partial charge in [-0.2, -0.15) is 0 Å². The van der Waals surface area contributed by atoms with E-state index < -0.39 is 0 Å². The van der Waals surface area contributed by atoms with Crippen LogP contribution >= 0.6 is 0 Å². The zero-order valence-electron chi connectivity index (χ0n) is 8.93. The summed E-state index contributed by atoms with van der Waals surface area (Å²) in [6.07, 6.45) is 0. The molecular weight excluding hydrogens is 200 g/mol. The zero-order valence-corrected chi connectivity index (χ0v) is 8.93. The highest BCUT2D eigenvalue weighted by Gasteiger charge is 2.02. The van der Waals surface area contributed by atoms with Gasteiger partial charge in [0.1, 0.15) is 13.7 Å². The Hall–Kier alpha value is -1.96. The standard InChI is InChI=1S/C14H13O2/c1-15-13-9-5-6-10-14(13)16-11-12-7-3-2-4-8-12/h2-10H,1,11H2. The molecule has 1 radical (unpaired) electrons. The van der Waals surface area contributed by atoms with E-state index in [0.29, 0.717) is 18.1 Å². The molecule has 2 aromatic rings. The lowest BCUT2D eigenvalue weighted by molar-refractivity contribution is 0.290. The summed E-state index contributed by atoms with van der Waals surface area (Å²) in [6.45, 7) is 0.529. The molecule has 2 aromatic carbocycles. The molecule has 0 bridgehead atoms. The van der Waals surface area contributed by atoms with Crippen molar-refractivity contribution >= 4 is 0 Å². The molecule has 0 amide bonds. The second-order valence-corrected chi connectivity index (χ2v) is 3.37. The number of rotatable bonds is 4. The highest BCUT2D eigenvalue weighted by atomic mass is 16.5. The van der Waals surface area contributed by atoms with E-state index in [0.717, 1.165) is 5.56 Å². The average molecular weight is 213 g/mol. The molecule has 2 heteroatoms. The molecule has 0 spiro atoms. The fourth-order valence-electron chi connectivity index (χ4n) is 1.42. The van der Waals surface area contributed by atoms with Crippen molar-refractivity contribution < 1.29 is 9.47 Å². The van der Waals surface area contributed by atoms with Gasteiger partial charge in [-0.1, -0.05) is 42.5 Å². The van der Waals surface area contributed by atoms with Crippen molar-refractivity contribution in [2.24, 2.45) is 0 Å². The Morgan fingerprint density at radius 2 is 1.44 bits per heavy atom. The van der Waals surface area contributed by atoms with Crippen LogP contribution in [0.3, 0.4) is 0 Å². The van der Waals surface area contributed by atoms with Crippen molar-refractivity contribution in [3.63, 3.8) is 0 Å². The van der Waals surface area contributed by atoms with Crippen molar-refractivity contribution in [1.82, 2.24) is 0 Å². The second-order valence-electron chi connectivity index (χ2n) is 3.37. The van der Waals surface area contributed by atoms with Crippen LogP contribution in [0, 0.1) is 7.11 Å². The summed E-state index contributed by atoms with van der Waals surface area (Å²) in [6, 6.07) is 17.5. The maximum atomic E-state index is 5.65. The van der Waals surface area contributed by atoms with Gasteiger partial charge in [0.2, 0.25) is 0 Å². The van der Waals surface area contributed by atoms with Gasteiger partial charge in [0.25, 0.3) is 0 Å². The van der Waals surface area contributed by atoms with Crippen LogP contribution in [0.25, 0.3) is 0 Å². The molecule has 16 heavy (non-hydrogen) atoms. The summed E-state index contributed by atoms with van der Waals surface area (Å²) < 4.78 is 10.6. The third kappa shape index (κ3) is 2.54. The van der Waals surface area contributed by atoms with E-state index in [2.05, 4.69) is 7.11 Å². The van der Waals surface area contributed by atoms with Crippen molar-refractivity contribution in [1.29, 1.82) is 0 Å². The summed E-state index contributed by atoms with van der Waals surface area (Å²) >= 11 is 0. The minimum Gasteiger partial charge on any atom is -0.486 e. The molecule has 0 fully saturated rings. The first kappa shape index (κ1) is 10.6. The van der Waals surface area contributed by atoms with E-state index in [1.165, 1.54) is 0 Å². The lowest BCUT2D eigenvalue weighted by Gasteiger charge is -2.09. The Labute approximate surface area is 95.4 Å². The van der Waals surface area contributed by atoms with Crippen molar-refractivity contribution in [2.75, 3.05) is 0 Å². The van der Waals surface area contributed by atoms with Crippen LogP contribution in [0.5, 0.6) is 11.5 Å². The number of hydrogen-bond acceptors (Lipinski definition) is 2. The molecule has 0 aliphatic heterocycles. The summed E-state index contributed by atoms with van der Waals surface area (Å²) in [7, 11) is 3.39. The van der Waals surface area contributed by atoms with E-state index in [-0.39, 0.29) is 0 Å². The molecular formula is C14H13O2. The van der Waals surface area contributed by atoms with Gasteiger partial charge in [-0.25, -0.2) is 0 Å². The lowest BCUT2D eigenvalue weighted by Crippen LogP contribution is -1.96. The summed E-state index contributed by atoms with van der Waals surface area (Å²) in [5.74, 6) is 1.36. The van der Waals surface area contributed by atoms with E-state index in [9.17, 15) is 0 Å². The van der Waals surface area contributed by atoms with Gasteiger partial charge in [0, 0.05) is 0 Å². The quantitative estimate of drug-likeness (QED) is 0.774. The summed E-state index contributed by atoms with van der Waals surface area (Å²) in [5, 5.41) is 0. The van der Waals surface area contributed by atoms with Crippen molar-refractivity contribution in [2.45, 2.75) is 6.61 Å². The molecule has 2 nitrogen and oxygen atoms in total. The molecule has 0 saturated heterocycles. The zero-order chi connectivity index (χ0) is 11.2. The van der Waals surface area contributed by atoms with E-state index in [1.54, 1.807) is 0 Å². The first-order chi connectivity index (χ1) is 7.90. The summed E-state index contributed by atoms with van der Waals surface area (Å²) in [4.78, 5) is 0. The van der Waals surface area contributed by atoms with Gasteiger partial charge in [-0.15, -0.1) is 0 Å². The molecule has 2 rings (SSSR count). The third-order valence-corrected chi connectivity index (χ3v) is 2.24. The summed E-state index contributed by atoms with van der Waals surface area (Å²) in [5.41, 5.74) is 1.13. The monoisotopic (exact) mass is 213 g/mol. The lowest BCUT2D eigenvalue weighted by atomic mass is 10.2. The molecule has 0 aliphatic carbocycles. The van der Waals surface area contributed by atoms with Gasteiger partial charge >= 0.3 is 0 Å². The molecule has 0 atom stereocenters. The minimum atomic E-state index is 0.529. The first-order valence-electron chi connectivity index (χ1n) is 5.08. The fourth-order valence-corrected chi connectivity index (χ4v) is 1.42. The van der Waals surface area contributed by atoms with Crippen LogP contribution in [0.1, 0.15) is 5.56 Å². The van der Waals surface area contributed by atoms with Crippen molar-refractivity contribution in [3.05, 3.63) is 67.3 Å². The largest absolute Gasteiger partial charge is 0.486 e. The fraction of sp³-hybridized carbons (Fsp3) is 0.0714. The van der Waals surface area contributed by atoms with E-state index in [1.807, 2.05) is 54.6 Å². The predicted molar refractivity (Wildman–Crippen MR) is 63.2 cm³/mol. The highest BCUT2D eigenvalue weighted by Crippen LogP contribution is 2.26. The Morgan fingerprint density at radius 3 is 2.12 bits per heavy atom.